The molecule has 1 saturated heterocycles. The van der Waals surface area contributed by atoms with E-state index < -0.39 is 0 Å². The first-order valence-electron chi connectivity index (χ1n) is 8.70. The molecule has 3 N–H and O–H groups in total. The van der Waals surface area contributed by atoms with E-state index in [1.165, 1.54) is 0 Å². The molecule has 0 saturated carbocycles. The molecule has 2 aromatic heterocycles. The number of nitrogens with one attached hydrogen (secondary N) is 1. The summed E-state index contributed by atoms with van der Waals surface area (Å²) in [4.78, 5) is 4.41. The van der Waals surface area contributed by atoms with Crippen LogP contribution in [-0.2, 0) is 7.05 Å². The molecule has 5 nitrogen and oxygen atoms in total. The van der Waals surface area contributed by atoms with Crippen molar-refractivity contribution in [1.29, 1.82) is 5.26 Å². The first-order valence-corrected chi connectivity index (χ1v) is 9.07. The van der Waals surface area contributed by atoms with Crippen LogP contribution in [0, 0.1) is 17.2 Å². The second kappa shape index (κ2) is 6.73. The van der Waals surface area contributed by atoms with Crippen molar-refractivity contribution >= 4 is 22.5 Å². The molecule has 0 bridgehead atoms. The Labute approximate surface area is 157 Å². The Morgan fingerprint density at radius 1 is 1.38 bits per heavy atom. The summed E-state index contributed by atoms with van der Waals surface area (Å²) in [5.41, 5.74) is 10.8. The Balaban J connectivity index is 1.84. The number of aryl methyl sites for hydroxylation is 1. The fourth-order valence-electron chi connectivity index (χ4n) is 3.89. The third-order valence-corrected chi connectivity index (χ3v) is 5.53. The summed E-state index contributed by atoms with van der Waals surface area (Å²) < 4.78 is 2.00. The Morgan fingerprint density at radius 3 is 2.96 bits per heavy atom. The molecule has 1 fully saturated rings. The molecule has 1 aliphatic heterocycles. The largest absolute Gasteiger partial charge is 0.342 e. The molecule has 26 heavy (non-hydrogen) atoms. The molecule has 4 rings (SSSR count). The van der Waals surface area contributed by atoms with Gasteiger partial charge in [-0.05, 0) is 55.3 Å². The highest BCUT2D eigenvalue weighted by atomic mass is 35.5. The molecule has 2 atom stereocenters. The number of hydrogen-bond donors (Lipinski definition) is 2. The van der Waals surface area contributed by atoms with Crippen LogP contribution in [0.25, 0.3) is 22.2 Å². The van der Waals surface area contributed by atoms with Crippen molar-refractivity contribution in [3.63, 3.8) is 0 Å². The average molecular weight is 366 g/mol. The highest BCUT2D eigenvalue weighted by Crippen LogP contribution is 2.35. The van der Waals surface area contributed by atoms with Crippen molar-refractivity contribution < 1.29 is 0 Å². The zero-order valence-electron chi connectivity index (χ0n) is 14.5. The van der Waals surface area contributed by atoms with Crippen LogP contribution in [0.15, 0.2) is 36.7 Å². The van der Waals surface area contributed by atoms with Gasteiger partial charge in [-0.3, -0.25) is 4.98 Å². The fraction of sp³-hybridized carbons (Fsp3) is 0.300. The quantitative estimate of drug-likeness (QED) is 0.745. The zero-order chi connectivity index (χ0) is 18.3. The van der Waals surface area contributed by atoms with Gasteiger partial charge >= 0.3 is 0 Å². The molecule has 0 amide bonds. The van der Waals surface area contributed by atoms with E-state index >= 15 is 0 Å². The van der Waals surface area contributed by atoms with Crippen molar-refractivity contribution in [1.82, 2.24) is 14.9 Å². The number of benzene rings is 1. The van der Waals surface area contributed by atoms with Crippen molar-refractivity contribution in [2.45, 2.75) is 12.5 Å². The van der Waals surface area contributed by atoms with Crippen molar-refractivity contribution in [2.24, 2.45) is 18.7 Å². The van der Waals surface area contributed by atoms with Crippen LogP contribution in [0.3, 0.4) is 0 Å². The monoisotopic (exact) mass is 365 g/mol. The summed E-state index contributed by atoms with van der Waals surface area (Å²) in [6, 6.07) is 9.94. The lowest BCUT2D eigenvalue weighted by Gasteiger charge is -2.19. The van der Waals surface area contributed by atoms with Crippen LogP contribution in [0.2, 0.25) is 5.02 Å². The summed E-state index contributed by atoms with van der Waals surface area (Å²) >= 11 is 6.15. The molecule has 0 aliphatic carbocycles. The minimum absolute atomic E-state index is 0.0629. The van der Waals surface area contributed by atoms with Gasteiger partial charge in [-0.1, -0.05) is 11.6 Å². The average Bonchev–Trinajstić information content (AvgIpc) is 3.28. The zero-order valence-corrected chi connectivity index (χ0v) is 15.3. The molecule has 6 heteroatoms. The van der Waals surface area contributed by atoms with Crippen molar-refractivity contribution in [3.8, 4) is 17.3 Å². The van der Waals surface area contributed by atoms with E-state index in [2.05, 4.69) is 22.4 Å². The van der Waals surface area contributed by atoms with Gasteiger partial charge in [0, 0.05) is 41.5 Å². The Kier molecular flexibility index (Phi) is 4.41. The Bertz CT molecular complexity index is 1010. The number of aromatic nitrogens is 2. The first kappa shape index (κ1) is 17.0. The van der Waals surface area contributed by atoms with Gasteiger partial charge in [0.2, 0.25) is 0 Å². The van der Waals surface area contributed by atoms with Gasteiger partial charge in [0.15, 0.2) is 0 Å². The normalized spacial score (nSPS) is 18.2. The first-order chi connectivity index (χ1) is 12.6. The maximum atomic E-state index is 9.76. The van der Waals surface area contributed by atoms with Crippen LogP contribution < -0.4 is 11.1 Å². The highest BCUT2D eigenvalue weighted by molar-refractivity contribution is 6.31. The third kappa shape index (κ3) is 2.77. The molecule has 0 spiro atoms. The third-order valence-electron chi connectivity index (χ3n) is 5.30. The molecule has 132 valence electrons. The second-order valence-electron chi connectivity index (χ2n) is 6.84. The van der Waals surface area contributed by atoms with E-state index in [0.717, 1.165) is 47.2 Å². The number of fused-ring (bicyclic) bond motifs is 1. The van der Waals surface area contributed by atoms with E-state index in [0.29, 0.717) is 16.5 Å². The highest BCUT2D eigenvalue weighted by Gasteiger charge is 2.24. The van der Waals surface area contributed by atoms with Gasteiger partial charge in [-0.2, -0.15) is 5.26 Å². The van der Waals surface area contributed by atoms with Crippen LogP contribution in [0.4, 0.5) is 0 Å². The number of rotatable bonds is 3. The van der Waals surface area contributed by atoms with Gasteiger partial charge in [0.1, 0.15) is 6.07 Å². The predicted octanol–water partition coefficient (Wildman–Crippen LogP) is 3.37. The van der Waals surface area contributed by atoms with Gasteiger partial charge in [0.05, 0.1) is 16.8 Å². The number of pyridine rings is 1. The summed E-state index contributed by atoms with van der Waals surface area (Å²) in [5.74, 6) is 0.411. The predicted molar refractivity (Wildman–Crippen MR) is 104 cm³/mol. The van der Waals surface area contributed by atoms with Crippen molar-refractivity contribution in [3.05, 3.63) is 52.8 Å². The minimum Gasteiger partial charge on any atom is -0.342 e. The number of nitrogens with two attached hydrogens (primary N) is 1. The maximum absolute atomic E-state index is 9.76. The molecule has 1 aliphatic rings. The summed E-state index contributed by atoms with van der Waals surface area (Å²) in [5, 5.41) is 14.7. The lowest BCUT2D eigenvalue weighted by Crippen LogP contribution is -2.23. The number of nitrogens with zero attached hydrogens (tertiary/aromatic N) is 3. The molecule has 3 heterocycles. The number of nitriles is 1. The topological polar surface area (TPSA) is 79.7 Å². The molecule has 0 radical (unpaired) electrons. The maximum Gasteiger partial charge on any atom is 0.102 e. The molecule has 1 unspecified atom stereocenters. The van der Waals surface area contributed by atoms with Gasteiger partial charge in [-0.15, -0.1) is 0 Å². The van der Waals surface area contributed by atoms with Gasteiger partial charge < -0.3 is 15.6 Å². The Hall–Kier alpha value is -2.39. The van der Waals surface area contributed by atoms with Crippen molar-refractivity contribution in [2.75, 3.05) is 13.1 Å². The van der Waals surface area contributed by atoms with Crippen LogP contribution in [-0.4, -0.2) is 22.6 Å². The number of halogens is 1. The van der Waals surface area contributed by atoms with E-state index in [9.17, 15) is 5.26 Å². The molecule has 1 aromatic carbocycles. The lowest BCUT2D eigenvalue weighted by molar-refractivity contribution is 0.469. The smallest absolute Gasteiger partial charge is 0.102 e. The van der Waals surface area contributed by atoms with E-state index in [1.54, 1.807) is 6.20 Å². The lowest BCUT2D eigenvalue weighted by atomic mass is 9.93. The summed E-state index contributed by atoms with van der Waals surface area (Å²) in [6.07, 6.45) is 4.69. The molecular formula is C20H20ClN5. The number of hydrogen-bond acceptors (Lipinski definition) is 4. The minimum atomic E-state index is -0.0629. The summed E-state index contributed by atoms with van der Waals surface area (Å²) in [6.45, 7) is 1.94. The van der Waals surface area contributed by atoms with Crippen LogP contribution in [0.1, 0.15) is 23.6 Å². The standard InChI is InChI=1S/C20H20ClN5/c1-26-18-7-15(21)2-3-16(18)17(8-22)20(26)14-6-13(10-25-11-14)19(23)12-4-5-24-9-12/h2-3,6-7,10-12,19,24H,4-5,9,23H2,1H3/t12-,19?/m0/s1. The molecular weight excluding hydrogens is 346 g/mol. The SMILES string of the molecule is Cn1c(-c2cncc(C(N)[C@H]3CCNC3)c2)c(C#N)c2ccc(Cl)cc21. The van der Waals surface area contributed by atoms with Gasteiger partial charge in [0.25, 0.3) is 0 Å². The van der Waals surface area contributed by atoms with E-state index in [1.807, 2.05) is 36.0 Å². The Morgan fingerprint density at radius 2 is 2.23 bits per heavy atom. The van der Waals surface area contributed by atoms with E-state index in [-0.39, 0.29) is 6.04 Å². The fourth-order valence-corrected chi connectivity index (χ4v) is 4.05. The van der Waals surface area contributed by atoms with Gasteiger partial charge in [-0.25, -0.2) is 0 Å². The second-order valence-corrected chi connectivity index (χ2v) is 7.28. The van der Waals surface area contributed by atoms with E-state index in [4.69, 9.17) is 17.3 Å². The van der Waals surface area contributed by atoms with Crippen LogP contribution >= 0.6 is 11.6 Å². The van der Waals surface area contributed by atoms with Crippen LogP contribution in [0.5, 0.6) is 0 Å². The summed E-state index contributed by atoms with van der Waals surface area (Å²) in [7, 11) is 1.95. The molecule has 3 aromatic rings.